The molecule has 0 aliphatic carbocycles. The van der Waals surface area contributed by atoms with E-state index in [0.717, 1.165) is 52.3 Å². The minimum absolute atomic E-state index is 0.0175. The molecular formula is C46H46ClN5O7S. The van der Waals surface area contributed by atoms with Gasteiger partial charge in [0.05, 0.1) is 23.2 Å². The Morgan fingerprint density at radius 1 is 0.817 bits per heavy atom. The fourth-order valence-electron chi connectivity index (χ4n) is 7.23. The van der Waals surface area contributed by atoms with Crippen LogP contribution in [0, 0.1) is 6.92 Å². The van der Waals surface area contributed by atoms with Gasteiger partial charge >= 0.3 is 0 Å². The molecule has 1 saturated heterocycles. The highest BCUT2D eigenvalue weighted by Crippen LogP contribution is 2.30. The number of aryl methyl sites for hydroxylation is 1. The fourth-order valence-corrected chi connectivity index (χ4v) is 8.84. The van der Waals surface area contributed by atoms with Crippen LogP contribution < -0.4 is 20.1 Å². The van der Waals surface area contributed by atoms with Crippen molar-refractivity contribution in [2.24, 2.45) is 0 Å². The number of carbonyl (C=O) groups is 3. The molecule has 0 bridgehead atoms. The summed E-state index contributed by atoms with van der Waals surface area (Å²) in [6.07, 6.45) is 2.68. The van der Waals surface area contributed by atoms with Crippen molar-refractivity contribution in [3.05, 3.63) is 131 Å². The molecule has 1 aliphatic heterocycles. The number of Topliss-reactive ketones (excluding diaryl/α,β-unsaturated/α-hetero) is 1. The van der Waals surface area contributed by atoms with Crippen molar-refractivity contribution in [3.8, 4) is 11.5 Å². The number of pyridine rings is 1. The summed E-state index contributed by atoms with van der Waals surface area (Å²) in [4.78, 5) is 47.0. The van der Waals surface area contributed by atoms with Crippen LogP contribution in [0.25, 0.3) is 21.7 Å². The first-order valence-corrected chi connectivity index (χ1v) is 21.6. The van der Waals surface area contributed by atoms with Crippen molar-refractivity contribution < 1.29 is 32.3 Å². The summed E-state index contributed by atoms with van der Waals surface area (Å²) in [6.45, 7) is 2.88. The molecule has 1 aromatic heterocycles. The largest absolute Gasteiger partial charge is 0.497 e. The number of aromatic nitrogens is 1. The van der Waals surface area contributed by atoms with Crippen LogP contribution in [0.15, 0.2) is 114 Å². The average molecular weight is 848 g/mol. The first kappa shape index (κ1) is 42.1. The maximum Gasteiger partial charge on any atom is 0.253 e. The number of piperidine rings is 1. The van der Waals surface area contributed by atoms with Gasteiger partial charge in [0.15, 0.2) is 12.4 Å². The van der Waals surface area contributed by atoms with Gasteiger partial charge in [0.25, 0.3) is 5.91 Å². The predicted molar refractivity (Wildman–Crippen MR) is 235 cm³/mol. The number of carbonyl (C=O) groups excluding carboxylic acids is 3. The summed E-state index contributed by atoms with van der Waals surface area (Å²) in [5, 5.41) is 9.43. The zero-order valence-electron chi connectivity index (χ0n) is 33.4. The Morgan fingerprint density at radius 2 is 1.57 bits per heavy atom. The molecule has 1 aliphatic rings. The topological polar surface area (TPSA) is 147 Å². The first-order valence-electron chi connectivity index (χ1n) is 19.8. The summed E-state index contributed by atoms with van der Waals surface area (Å²) < 4.78 is 40.7. The van der Waals surface area contributed by atoms with Crippen LogP contribution in [-0.2, 0) is 14.8 Å². The van der Waals surface area contributed by atoms with Crippen molar-refractivity contribution in [1.29, 1.82) is 0 Å². The number of anilines is 2. The molecular weight excluding hydrogens is 802 g/mol. The Balaban J connectivity index is 1.09. The molecule has 2 N–H and O–H groups in total. The highest BCUT2D eigenvalue weighted by Gasteiger charge is 2.26. The molecule has 0 spiro atoms. The van der Waals surface area contributed by atoms with Gasteiger partial charge in [-0.2, -0.15) is 4.31 Å². The lowest BCUT2D eigenvalue weighted by atomic mass is 10.0. The smallest absolute Gasteiger partial charge is 0.253 e. The Labute approximate surface area is 354 Å². The Hall–Kier alpha value is -6.02. The maximum atomic E-state index is 14.1. The molecule has 0 radical (unpaired) electrons. The number of rotatable bonds is 16. The minimum atomic E-state index is -4.08. The fraction of sp³-hybridized carbons (Fsp3) is 0.261. The number of ether oxygens (including phenoxy) is 2. The van der Waals surface area contributed by atoms with E-state index in [1.807, 2.05) is 49.4 Å². The first-order chi connectivity index (χ1) is 29.0. The van der Waals surface area contributed by atoms with Gasteiger partial charge < -0.3 is 25.0 Å². The molecule has 0 unspecified atom stereocenters. The molecule has 1 fully saturated rings. The van der Waals surface area contributed by atoms with Crippen LogP contribution in [0.4, 0.5) is 11.4 Å². The highest BCUT2D eigenvalue weighted by atomic mass is 35.5. The summed E-state index contributed by atoms with van der Waals surface area (Å²) >= 11 is 6.30. The molecule has 12 nitrogen and oxygen atoms in total. The van der Waals surface area contributed by atoms with E-state index in [4.69, 9.17) is 21.1 Å². The highest BCUT2D eigenvalue weighted by molar-refractivity contribution is 7.89. The van der Waals surface area contributed by atoms with Gasteiger partial charge in [0, 0.05) is 72.1 Å². The normalized spacial score (nSPS) is 13.0. The second-order valence-corrected chi connectivity index (χ2v) is 17.0. The van der Waals surface area contributed by atoms with Crippen LogP contribution in [0.3, 0.4) is 0 Å². The van der Waals surface area contributed by atoms with Gasteiger partial charge in [-0.15, -0.1) is 0 Å². The molecule has 5 aromatic carbocycles. The molecule has 0 saturated carbocycles. The third-order valence-electron chi connectivity index (χ3n) is 10.4. The molecule has 6 aromatic rings. The van der Waals surface area contributed by atoms with Crippen molar-refractivity contribution in [2.75, 3.05) is 57.1 Å². The number of amides is 2. The molecule has 7 rings (SSSR count). The van der Waals surface area contributed by atoms with Gasteiger partial charge in [-0.1, -0.05) is 48.0 Å². The minimum Gasteiger partial charge on any atom is -0.497 e. The number of benzene rings is 5. The van der Waals surface area contributed by atoms with Crippen LogP contribution in [0.2, 0.25) is 5.02 Å². The average Bonchev–Trinajstić information content (AvgIpc) is 3.26. The van der Waals surface area contributed by atoms with Crippen molar-refractivity contribution in [1.82, 2.24) is 14.2 Å². The maximum absolute atomic E-state index is 14.1. The SMILES string of the molecule is COc1ccc(S(=O)(=O)N(CCNc2cc(C)nc3ccc(Cl)cc23)CCC(=O)Nc2ccc(C(=O)N3CCCCC3)cc2OCC(=O)c2ccc3ccccc3c2)cc1. The number of hydrogen-bond donors (Lipinski definition) is 2. The summed E-state index contributed by atoms with van der Waals surface area (Å²) in [7, 11) is -2.58. The number of nitrogens with zero attached hydrogens (tertiary/aromatic N) is 3. The third-order valence-corrected chi connectivity index (χ3v) is 12.6. The van der Waals surface area contributed by atoms with Gasteiger partial charge in [0.1, 0.15) is 11.5 Å². The van der Waals surface area contributed by atoms with Gasteiger partial charge in [-0.05, 0) is 110 Å². The molecule has 2 heterocycles. The van der Waals surface area contributed by atoms with E-state index in [0.29, 0.717) is 35.0 Å². The summed E-state index contributed by atoms with van der Waals surface area (Å²) in [5.74, 6) is -0.293. The van der Waals surface area contributed by atoms with E-state index in [1.165, 1.54) is 23.5 Å². The molecule has 60 heavy (non-hydrogen) atoms. The van der Waals surface area contributed by atoms with Gasteiger partial charge in [-0.3, -0.25) is 19.4 Å². The van der Waals surface area contributed by atoms with Crippen LogP contribution >= 0.6 is 11.6 Å². The molecule has 0 atom stereocenters. The second-order valence-electron chi connectivity index (χ2n) is 14.6. The quantitative estimate of drug-likeness (QED) is 0.0918. The monoisotopic (exact) mass is 847 g/mol. The number of halogens is 1. The number of hydrogen-bond acceptors (Lipinski definition) is 9. The van der Waals surface area contributed by atoms with E-state index in [1.54, 1.807) is 59.5 Å². The second kappa shape index (κ2) is 18.9. The standard InChI is InChI=1S/C46H46ClN5O7S/c1-31-26-42(39-29-36(47)13-19-40(39)49-31)48-21-25-52(60(56,57)38-16-14-37(58-2)15-17-38)24-20-45(54)50-41-18-12-35(46(55)51-22-6-3-7-23-51)28-44(41)59-30-43(53)34-11-10-32-8-4-5-9-33(32)27-34/h4-5,8-19,26-29H,3,6-7,20-25,30H2,1-2H3,(H,48,49)(H,50,54). The van der Waals surface area contributed by atoms with Gasteiger partial charge in [-0.25, -0.2) is 8.42 Å². The van der Waals surface area contributed by atoms with Gasteiger partial charge in [0.2, 0.25) is 15.9 Å². The third kappa shape index (κ3) is 10.0. The Kier molecular flexibility index (Phi) is 13.3. The lowest BCUT2D eigenvalue weighted by Gasteiger charge is -2.27. The Bertz CT molecular complexity index is 2650. The lowest BCUT2D eigenvalue weighted by molar-refractivity contribution is -0.116. The van der Waals surface area contributed by atoms with E-state index in [9.17, 15) is 22.8 Å². The number of likely N-dealkylation sites (tertiary alicyclic amines) is 1. The van der Waals surface area contributed by atoms with Crippen molar-refractivity contribution in [2.45, 2.75) is 37.5 Å². The lowest BCUT2D eigenvalue weighted by Crippen LogP contribution is -2.37. The number of ketones is 1. The summed E-state index contributed by atoms with van der Waals surface area (Å²) in [6, 6.07) is 31.2. The number of fused-ring (bicyclic) bond motifs is 2. The van der Waals surface area contributed by atoms with E-state index < -0.39 is 15.9 Å². The zero-order valence-corrected chi connectivity index (χ0v) is 35.0. The van der Waals surface area contributed by atoms with Crippen LogP contribution in [0.5, 0.6) is 11.5 Å². The summed E-state index contributed by atoms with van der Waals surface area (Å²) in [5.41, 5.74) is 3.33. The predicted octanol–water partition coefficient (Wildman–Crippen LogP) is 8.38. The Morgan fingerprint density at radius 3 is 2.33 bits per heavy atom. The van der Waals surface area contributed by atoms with E-state index >= 15 is 0 Å². The van der Waals surface area contributed by atoms with Crippen LogP contribution in [-0.4, -0.2) is 86.6 Å². The molecule has 2 amide bonds. The molecule has 310 valence electrons. The number of sulfonamides is 1. The van der Waals surface area contributed by atoms with Crippen molar-refractivity contribution >= 4 is 72.3 Å². The molecule has 14 heteroatoms. The van der Waals surface area contributed by atoms with Crippen molar-refractivity contribution in [3.63, 3.8) is 0 Å². The van der Waals surface area contributed by atoms with Crippen LogP contribution in [0.1, 0.15) is 52.1 Å². The number of nitrogens with one attached hydrogen (secondary N) is 2. The van der Waals surface area contributed by atoms with E-state index in [2.05, 4.69) is 15.6 Å². The number of methoxy groups -OCH3 is 1. The zero-order chi connectivity index (χ0) is 42.2. The van der Waals surface area contributed by atoms with E-state index in [-0.39, 0.29) is 60.7 Å².